The third-order valence-corrected chi connectivity index (χ3v) is 0. The Morgan fingerprint density at radius 1 is 1.50 bits per heavy atom. The molecule has 0 heterocycles. The summed E-state index contributed by atoms with van der Waals surface area (Å²) in [6.07, 6.45) is -1.33. The maximum atomic E-state index is 9.75. The first-order valence-electron chi connectivity index (χ1n) is 2.72. The first-order chi connectivity index (χ1) is 6.56. The number of primary amides is 1. The summed E-state index contributed by atoms with van der Waals surface area (Å²) in [5.41, 5.74) is 4.03. The van der Waals surface area contributed by atoms with Gasteiger partial charge in [-0.25, -0.2) is 4.79 Å². The van der Waals surface area contributed by atoms with Crippen molar-refractivity contribution in [2.75, 3.05) is 0 Å². The number of carboxylic acid groups (broad SMARTS) is 1. The summed E-state index contributed by atoms with van der Waals surface area (Å²) in [7, 11) is -6.00. The molecule has 0 unspecified atom stereocenters. The van der Waals surface area contributed by atoms with E-state index in [0.717, 1.165) is 0 Å². The molecule has 0 bridgehead atoms. The Bertz CT molecular complexity index is 185. The molecule has 8 N–H and O–H groups in total. The number of hydrogen-bond acceptors (Lipinski definition) is 4. The van der Waals surface area contributed by atoms with Crippen molar-refractivity contribution in [2.45, 2.75) is 6.92 Å². The molecule has 0 radical (unpaired) electrons. The van der Waals surface area contributed by atoms with Crippen molar-refractivity contribution < 1.29 is 32.5 Å². The molecule has 8 nitrogen and oxygen atoms in total. The average Bonchev–Trinajstić information content (AvgIpc) is 1.82. The van der Waals surface area contributed by atoms with E-state index in [2.05, 4.69) is 5.73 Å². The van der Waals surface area contributed by atoms with E-state index in [1.807, 2.05) is 0 Å². The molecular formula is C3H11BF4N4O4. The summed E-state index contributed by atoms with van der Waals surface area (Å²) in [5.74, 6) is 0. The Hall–Kier alpha value is -2.10. The zero-order valence-corrected chi connectivity index (χ0v) is 8.29. The molecule has 98 valence electrons. The summed E-state index contributed by atoms with van der Waals surface area (Å²) in [6.45, 7) is 1.43. The molecule has 1 amide bonds. The smallest absolute Gasteiger partial charge is 0.465 e. The van der Waals surface area contributed by atoms with Gasteiger partial charge in [-0.2, -0.15) is 5.26 Å². The van der Waals surface area contributed by atoms with Crippen molar-refractivity contribution >= 4 is 13.3 Å². The number of nitrogens with zero attached hydrogens (tertiary/aromatic N) is 1. The minimum absolute atomic E-state index is 0. The molecule has 0 aromatic rings. The molecule has 0 atom stereocenters. The molecular weight excluding hydrogens is 243 g/mol. The molecule has 0 rings (SSSR count). The highest BCUT2D eigenvalue weighted by molar-refractivity contribution is 6.50. The molecule has 0 fully saturated rings. The van der Waals surface area contributed by atoms with Crippen LogP contribution in [0.1, 0.15) is 6.92 Å². The normalized spacial score (nSPS) is 6.50. The van der Waals surface area contributed by atoms with Gasteiger partial charge >= 0.3 is 13.3 Å². The fourth-order valence-corrected chi connectivity index (χ4v) is 0. The van der Waals surface area contributed by atoms with E-state index in [1.54, 1.807) is 6.07 Å². The van der Waals surface area contributed by atoms with Crippen molar-refractivity contribution in [3.05, 3.63) is 10.1 Å². The molecule has 0 saturated carbocycles. The van der Waals surface area contributed by atoms with Gasteiger partial charge in [0.1, 0.15) is 0 Å². The topological polar surface area (TPSA) is 178 Å². The second-order valence-electron chi connectivity index (χ2n) is 1.14. The van der Waals surface area contributed by atoms with Crippen molar-refractivity contribution in [1.82, 2.24) is 6.15 Å². The summed E-state index contributed by atoms with van der Waals surface area (Å²) < 4.78 is 39.0. The van der Waals surface area contributed by atoms with Gasteiger partial charge in [0.2, 0.25) is 0 Å². The number of amides is 1. The summed E-state index contributed by atoms with van der Waals surface area (Å²) >= 11 is 0. The maximum absolute atomic E-state index is 9.75. The standard InChI is InChI=1S/C2H3N.CH3NO2.BF4.HNO2.H3N/c1-2-3;2-1(3)4;2-1(3,4)5;2-1-3;/h1H3;2H2,(H,3,4);;1H;1H3/q;;-1;;/p+1. The molecule has 0 spiro atoms. The van der Waals surface area contributed by atoms with E-state index in [0.29, 0.717) is 0 Å². The Morgan fingerprint density at radius 2 is 1.50 bits per heavy atom. The van der Waals surface area contributed by atoms with Crippen LogP contribution in [0, 0.1) is 21.4 Å². The number of hydrogen-bond donors (Lipinski definition) is 4. The van der Waals surface area contributed by atoms with Gasteiger partial charge in [0.15, 0.2) is 0 Å². The van der Waals surface area contributed by atoms with Crippen LogP contribution in [0.3, 0.4) is 0 Å². The van der Waals surface area contributed by atoms with Crippen molar-refractivity contribution in [1.29, 1.82) is 5.26 Å². The summed E-state index contributed by atoms with van der Waals surface area (Å²) in [5, 5.41) is 22.9. The first-order valence-corrected chi connectivity index (χ1v) is 2.72. The molecule has 0 aliphatic carbocycles. The molecule has 0 saturated heterocycles. The zero-order valence-electron chi connectivity index (χ0n) is 8.29. The highest BCUT2D eigenvalue weighted by Crippen LogP contribution is 2.06. The van der Waals surface area contributed by atoms with Gasteiger partial charge in [-0.05, 0) is 0 Å². The fourth-order valence-electron chi connectivity index (χ4n) is 0. The SMILES string of the molecule is CC#N.F[B-](F)(F)F.NC(=O)O.O=[NH+][O-].[NH4+]. The van der Waals surface area contributed by atoms with Crippen molar-refractivity contribution in [3.8, 4) is 6.07 Å². The minimum Gasteiger partial charge on any atom is -0.465 e. The number of quaternary nitrogens is 1. The van der Waals surface area contributed by atoms with Crippen LogP contribution in [0.25, 0.3) is 0 Å². The van der Waals surface area contributed by atoms with Crippen molar-refractivity contribution in [3.63, 3.8) is 0 Å². The summed E-state index contributed by atoms with van der Waals surface area (Å²) in [4.78, 5) is 16.9. The van der Waals surface area contributed by atoms with Gasteiger partial charge in [-0.15, -0.1) is 0 Å². The van der Waals surface area contributed by atoms with Gasteiger partial charge < -0.3 is 34.3 Å². The van der Waals surface area contributed by atoms with Crippen LogP contribution in [0.5, 0.6) is 0 Å². The average molecular weight is 254 g/mol. The van der Waals surface area contributed by atoms with E-state index in [1.165, 1.54) is 6.92 Å². The highest BCUT2D eigenvalue weighted by Gasteiger charge is 2.20. The molecule has 16 heavy (non-hydrogen) atoms. The Labute approximate surface area is 87.3 Å². The molecule has 0 aromatic carbocycles. The maximum Gasteiger partial charge on any atom is 0.673 e. The highest BCUT2D eigenvalue weighted by atomic mass is 19.5. The van der Waals surface area contributed by atoms with Crippen molar-refractivity contribution in [2.24, 2.45) is 5.73 Å². The van der Waals surface area contributed by atoms with Crippen LogP contribution in [0.15, 0.2) is 0 Å². The zero-order chi connectivity index (χ0) is 13.5. The van der Waals surface area contributed by atoms with Gasteiger partial charge in [-0.1, -0.05) is 0 Å². The third-order valence-electron chi connectivity index (χ3n) is 0. The van der Waals surface area contributed by atoms with Crippen LogP contribution in [0.4, 0.5) is 22.1 Å². The second kappa shape index (κ2) is 23.1. The Morgan fingerprint density at radius 3 is 1.50 bits per heavy atom. The lowest BCUT2D eigenvalue weighted by atomic mass is 10.3. The largest absolute Gasteiger partial charge is 0.673 e. The number of nitriles is 1. The van der Waals surface area contributed by atoms with Crippen LogP contribution in [0.2, 0.25) is 0 Å². The Balaban J connectivity index is -0.0000000338. The predicted molar refractivity (Wildman–Crippen MR) is 47.4 cm³/mol. The number of rotatable bonds is 0. The number of nitrogens with two attached hydrogens (primary N) is 1. The van der Waals surface area contributed by atoms with Crippen LogP contribution in [-0.4, -0.2) is 18.5 Å². The van der Waals surface area contributed by atoms with Crippen LogP contribution >= 0.6 is 0 Å². The second-order valence-corrected chi connectivity index (χ2v) is 1.14. The van der Waals surface area contributed by atoms with E-state index < -0.39 is 13.3 Å². The first kappa shape index (κ1) is 29.2. The number of carbonyl (C=O) groups is 1. The van der Waals surface area contributed by atoms with E-state index >= 15 is 0 Å². The van der Waals surface area contributed by atoms with Crippen LogP contribution in [-0.2, 0) is 0 Å². The molecule has 13 heteroatoms. The molecule has 0 aromatic heterocycles. The fraction of sp³-hybridized carbons (Fsp3) is 0.333. The van der Waals surface area contributed by atoms with Gasteiger partial charge in [0.05, 0.1) is 6.07 Å². The molecule has 0 aliphatic rings. The quantitative estimate of drug-likeness (QED) is 0.207. The molecule has 0 aliphatic heterocycles. The lowest BCUT2D eigenvalue weighted by molar-refractivity contribution is -0.398. The third kappa shape index (κ3) is 323. The van der Waals surface area contributed by atoms with Gasteiger partial charge in [-0.3, -0.25) is 10.1 Å². The minimum atomic E-state index is -6.00. The Kier molecular flexibility index (Phi) is 42.1. The summed E-state index contributed by atoms with van der Waals surface area (Å²) in [6, 6.07) is 1.75. The predicted octanol–water partition coefficient (Wildman–Crippen LogP) is 0.160. The lowest BCUT2D eigenvalue weighted by Crippen LogP contribution is -2.53. The van der Waals surface area contributed by atoms with E-state index in [9.17, 15) is 17.3 Å². The number of nitrogens with one attached hydrogen (secondary N) is 1. The number of halogens is 4. The van der Waals surface area contributed by atoms with Crippen LogP contribution < -0.4 is 17.2 Å². The van der Waals surface area contributed by atoms with E-state index in [-0.39, 0.29) is 11.5 Å². The van der Waals surface area contributed by atoms with Gasteiger partial charge in [0.25, 0.3) is 0 Å². The monoisotopic (exact) mass is 254 g/mol. The van der Waals surface area contributed by atoms with Gasteiger partial charge in [0, 0.05) is 12.3 Å². The lowest BCUT2D eigenvalue weighted by Gasteiger charge is -1.94. The van der Waals surface area contributed by atoms with E-state index in [4.69, 9.17) is 25.3 Å².